The third-order valence-corrected chi connectivity index (χ3v) is 2.39. The second-order valence-electron chi connectivity index (χ2n) is 4.08. The Morgan fingerprint density at radius 2 is 1.17 bits per heavy atom. The van der Waals surface area contributed by atoms with Crippen molar-refractivity contribution in [3.8, 4) is 0 Å². The number of hydrogen-bond acceptors (Lipinski definition) is 3. The largest absolute Gasteiger partial charge is 0.308 e. The van der Waals surface area contributed by atoms with E-state index >= 15 is 0 Å². The lowest BCUT2D eigenvalue weighted by molar-refractivity contribution is -0.129. The van der Waals surface area contributed by atoms with Crippen LogP contribution in [0.25, 0.3) is 0 Å². The van der Waals surface area contributed by atoms with E-state index in [-0.39, 0.29) is 5.78 Å². The number of Topliss-reactive ketones (excluding diaryl/α,β-unsaturated/α-hetero) is 1. The van der Waals surface area contributed by atoms with E-state index in [9.17, 15) is 4.79 Å². The summed E-state index contributed by atoms with van der Waals surface area (Å²) in [5, 5.41) is 5.98. The van der Waals surface area contributed by atoms with Crippen LogP contribution < -0.4 is 10.6 Å². The SMILES string of the molecule is CNC(C)(C)C(=O)C(C)(C)NC. The molecule has 0 aliphatic carbocycles. The summed E-state index contributed by atoms with van der Waals surface area (Å²) in [5.41, 5.74) is -0.932. The van der Waals surface area contributed by atoms with Gasteiger partial charge >= 0.3 is 0 Å². The number of nitrogens with one attached hydrogen (secondary N) is 2. The molecule has 0 radical (unpaired) electrons. The number of carbonyl (C=O) groups is 1. The van der Waals surface area contributed by atoms with E-state index in [0.717, 1.165) is 0 Å². The fourth-order valence-corrected chi connectivity index (χ4v) is 1.01. The number of carbonyl (C=O) groups excluding carboxylic acids is 1. The molecule has 0 aliphatic rings. The van der Waals surface area contributed by atoms with E-state index in [0.29, 0.717) is 0 Å². The number of ketones is 1. The Labute approximate surface area is 74.9 Å². The number of likely N-dealkylation sites (N-methyl/N-ethyl adjacent to an activating group) is 2. The maximum absolute atomic E-state index is 11.8. The Balaban J connectivity index is 4.60. The molecular formula is C9H20N2O. The van der Waals surface area contributed by atoms with Crippen molar-refractivity contribution in [1.82, 2.24) is 10.6 Å². The van der Waals surface area contributed by atoms with Gasteiger partial charge in [0, 0.05) is 0 Å². The van der Waals surface area contributed by atoms with E-state index in [1.54, 1.807) is 14.1 Å². The van der Waals surface area contributed by atoms with Crippen LogP contribution in [0.5, 0.6) is 0 Å². The van der Waals surface area contributed by atoms with E-state index in [4.69, 9.17) is 0 Å². The molecule has 2 N–H and O–H groups in total. The lowest BCUT2D eigenvalue weighted by atomic mass is 9.85. The highest BCUT2D eigenvalue weighted by atomic mass is 16.1. The zero-order valence-electron chi connectivity index (χ0n) is 8.91. The maximum Gasteiger partial charge on any atom is 0.171 e. The molecule has 0 bridgehead atoms. The van der Waals surface area contributed by atoms with Gasteiger partial charge in [-0.2, -0.15) is 0 Å². The van der Waals surface area contributed by atoms with E-state index in [1.165, 1.54) is 0 Å². The first-order valence-electron chi connectivity index (χ1n) is 4.20. The fraction of sp³-hybridized carbons (Fsp3) is 0.889. The van der Waals surface area contributed by atoms with Crippen LogP contribution in [-0.2, 0) is 4.79 Å². The summed E-state index contributed by atoms with van der Waals surface area (Å²) in [7, 11) is 3.59. The lowest BCUT2D eigenvalue weighted by Gasteiger charge is -2.32. The van der Waals surface area contributed by atoms with E-state index in [2.05, 4.69) is 10.6 Å². The molecule has 0 fully saturated rings. The molecule has 3 heteroatoms. The van der Waals surface area contributed by atoms with Crippen molar-refractivity contribution >= 4 is 5.78 Å². The molecule has 0 atom stereocenters. The normalized spacial score (nSPS) is 13.2. The summed E-state index contributed by atoms with van der Waals surface area (Å²) in [6.07, 6.45) is 0. The van der Waals surface area contributed by atoms with Crippen molar-refractivity contribution in [3.63, 3.8) is 0 Å². The minimum absolute atomic E-state index is 0.167. The van der Waals surface area contributed by atoms with Crippen molar-refractivity contribution in [2.24, 2.45) is 0 Å². The Hall–Kier alpha value is -0.410. The average molecular weight is 172 g/mol. The highest BCUT2D eigenvalue weighted by Gasteiger charge is 2.36. The first-order valence-corrected chi connectivity index (χ1v) is 4.20. The van der Waals surface area contributed by atoms with Crippen LogP contribution in [-0.4, -0.2) is 31.0 Å². The molecular weight excluding hydrogens is 152 g/mol. The van der Waals surface area contributed by atoms with Gasteiger partial charge in [-0.05, 0) is 41.8 Å². The second kappa shape index (κ2) is 3.54. The van der Waals surface area contributed by atoms with Crippen molar-refractivity contribution in [3.05, 3.63) is 0 Å². The van der Waals surface area contributed by atoms with Gasteiger partial charge in [0.25, 0.3) is 0 Å². The first-order chi connectivity index (χ1) is 5.28. The topological polar surface area (TPSA) is 41.1 Å². The Bertz CT molecular complexity index is 155. The van der Waals surface area contributed by atoms with E-state index in [1.807, 2.05) is 27.7 Å². The predicted octanol–water partition coefficient (Wildman–Crippen LogP) is 0.551. The molecule has 12 heavy (non-hydrogen) atoms. The molecule has 0 saturated heterocycles. The van der Waals surface area contributed by atoms with Crippen LogP contribution >= 0.6 is 0 Å². The molecule has 72 valence electrons. The zero-order valence-corrected chi connectivity index (χ0v) is 8.91. The monoisotopic (exact) mass is 172 g/mol. The summed E-state index contributed by atoms with van der Waals surface area (Å²) in [5.74, 6) is 0.167. The summed E-state index contributed by atoms with van der Waals surface area (Å²) >= 11 is 0. The quantitative estimate of drug-likeness (QED) is 0.650. The molecule has 0 heterocycles. The zero-order chi connectivity index (χ0) is 9.99. The molecule has 0 amide bonds. The van der Waals surface area contributed by atoms with Crippen LogP contribution in [0.4, 0.5) is 0 Å². The summed E-state index contributed by atoms with van der Waals surface area (Å²) in [4.78, 5) is 11.8. The van der Waals surface area contributed by atoms with Gasteiger partial charge in [0.2, 0.25) is 0 Å². The molecule has 3 nitrogen and oxygen atoms in total. The van der Waals surface area contributed by atoms with Gasteiger partial charge in [-0.25, -0.2) is 0 Å². The highest BCUT2D eigenvalue weighted by molar-refractivity contribution is 5.95. The highest BCUT2D eigenvalue weighted by Crippen LogP contribution is 2.14. The third-order valence-electron chi connectivity index (χ3n) is 2.39. The third kappa shape index (κ3) is 2.29. The summed E-state index contributed by atoms with van der Waals surface area (Å²) in [6, 6.07) is 0. The molecule has 0 saturated carbocycles. The lowest BCUT2D eigenvalue weighted by Crippen LogP contribution is -2.58. The molecule has 0 aromatic rings. The molecule has 0 rings (SSSR count). The summed E-state index contributed by atoms with van der Waals surface area (Å²) in [6.45, 7) is 7.53. The van der Waals surface area contributed by atoms with Gasteiger partial charge in [-0.1, -0.05) is 0 Å². The van der Waals surface area contributed by atoms with E-state index < -0.39 is 11.1 Å². The average Bonchev–Trinajstić information content (AvgIpc) is 2.03. The van der Waals surface area contributed by atoms with Gasteiger partial charge in [0.05, 0.1) is 11.1 Å². The van der Waals surface area contributed by atoms with Crippen LogP contribution in [0.15, 0.2) is 0 Å². The molecule has 0 aromatic heterocycles. The van der Waals surface area contributed by atoms with Crippen molar-refractivity contribution in [2.45, 2.75) is 38.8 Å². The van der Waals surface area contributed by atoms with Gasteiger partial charge in [0.1, 0.15) is 0 Å². The van der Waals surface area contributed by atoms with Crippen LogP contribution in [0.1, 0.15) is 27.7 Å². The molecule has 0 spiro atoms. The van der Waals surface area contributed by atoms with Crippen molar-refractivity contribution in [2.75, 3.05) is 14.1 Å². The van der Waals surface area contributed by atoms with Gasteiger partial charge < -0.3 is 10.6 Å². The Morgan fingerprint density at radius 1 is 0.917 bits per heavy atom. The van der Waals surface area contributed by atoms with Gasteiger partial charge in [0.15, 0.2) is 5.78 Å². The molecule has 0 aliphatic heterocycles. The van der Waals surface area contributed by atoms with Crippen LogP contribution in [0.2, 0.25) is 0 Å². The first kappa shape index (κ1) is 11.6. The fourth-order valence-electron chi connectivity index (χ4n) is 1.01. The predicted molar refractivity (Wildman–Crippen MR) is 51.3 cm³/mol. The van der Waals surface area contributed by atoms with Gasteiger partial charge in [-0.15, -0.1) is 0 Å². The Kier molecular flexibility index (Phi) is 3.42. The number of rotatable bonds is 4. The molecule has 0 unspecified atom stereocenters. The Morgan fingerprint density at radius 3 is 1.33 bits per heavy atom. The minimum atomic E-state index is -0.466. The van der Waals surface area contributed by atoms with Crippen LogP contribution in [0.3, 0.4) is 0 Å². The number of hydrogen-bond donors (Lipinski definition) is 2. The molecule has 0 aromatic carbocycles. The maximum atomic E-state index is 11.8. The smallest absolute Gasteiger partial charge is 0.171 e. The van der Waals surface area contributed by atoms with Crippen molar-refractivity contribution in [1.29, 1.82) is 0 Å². The van der Waals surface area contributed by atoms with Crippen LogP contribution in [0, 0.1) is 0 Å². The van der Waals surface area contributed by atoms with Crippen molar-refractivity contribution < 1.29 is 4.79 Å². The van der Waals surface area contributed by atoms with Gasteiger partial charge in [-0.3, -0.25) is 4.79 Å². The summed E-state index contributed by atoms with van der Waals surface area (Å²) < 4.78 is 0. The minimum Gasteiger partial charge on any atom is -0.308 e. The standard InChI is InChI=1S/C9H20N2O/c1-8(2,10-5)7(12)9(3,4)11-6/h10-11H,1-6H3. The second-order valence-corrected chi connectivity index (χ2v) is 4.08.